The maximum Gasteiger partial charge on any atom is 0.307 e. The molecule has 0 radical (unpaired) electrons. The summed E-state index contributed by atoms with van der Waals surface area (Å²) in [5, 5.41) is 12.9. The third-order valence-electron chi connectivity index (χ3n) is 3.75. The molecule has 1 aliphatic carbocycles. The molecule has 0 unspecified atom stereocenters. The lowest BCUT2D eigenvalue weighted by Crippen LogP contribution is -2.49. The summed E-state index contributed by atoms with van der Waals surface area (Å²) in [5.41, 5.74) is -2.02. The predicted molar refractivity (Wildman–Crippen MR) is 68.9 cm³/mol. The van der Waals surface area contributed by atoms with E-state index in [1.165, 1.54) is 7.11 Å². The average molecular weight is 300 g/mol. The number of nitro groups is 1. The number of halogens is 2. The van der Waals surface area contributed by atoms with Gasteiger partial charge in [-0.1, -0.05) is 0 Å². The molecule has 0 atom stereocenters. The Labute approximate surface area is 119 Å². The van der Waals surface area contributed by atoms with Gasteiger partial charge in [0.05, 0.1) is 22.2 Å². The lowest BCUT2D eigenvalue weighted by Gasteiger charge is -2.40. The molecule has 0 heterocycles. The van der Waals surface area contributed by atoms with Crippen molar-refractivity contribution in [3.05, 3.63) is 39.4 Å². The number of carbonyl (C=O) groups excluding carboxylic acids is 1. The van der Waals surface area contributed by atoms with Crippen molar-refractivity contribution >= 4 is 11.6 Å². The summed E-state index contributed by atoms with van der Waals surface area (Å²) in [4.78, 5) is 21.3. The zero-order chi connectivity index (χ0) is 15.6. The van der Waals surface area contributed by atoms with E-state index >= 15 is 0 Å². The molecule has 21 heavy (non-hydrogen) atoms. The molecule has 0 spiro atoms. The summed E-state index contributed by atoms with van der Waals surface area (Å²) in [6, 6.07) is 0.933. The number of hydrogen-bond donors (Lipinski definition) is 1. The number of carbonyl (C=O) groups is 1. The van der Waals surface area contributed by atoms with Gasteiger partial charge in [0.25, 0.3) is 5.91 Å². The van der Waals surface area contributed by atoms with E-state index in [4.69, 9.17) is 4.74 Å². The molecule has 1 aromatic carbocycles. The largest absolute Gasteiger partial charge is 0.376 e. The molecule has 114 valence electrons. The molecule has 6 nitrogen and oxygen atoms in total. The summed E-state index contributed by atoms with van der Waals surface area (Å²) in [7, 11) is 1.53. The highest BCUT2D eigenvalue weighted by molar-refractivity contribution is 5.94. The Kier molecular flexibility index (Phi) is 4.17. The second kappa shape index (κ2) is 5.72. The van der Waals surface area contributed by atoms with E-state index in [-0.39, 0.29) is 6.54 Å². The van der Waals surface area contributed by atoms with Gasteiger partial charge < -0.3 is 10.1 Å². The van der Waals surface area contributed by atoms with Gasteiger partial charge in [-0.3, -0.25) is 14.9 Å². The highest BCUT2D eigenvalue weighted by atomic mass is 19.1. The molecule has 0 aliphatic heterocycles. The monoisotopic (exact) mass is 300 g/mol. The summed E-state index contributed by atoms with van der Waals surface area (Å²) < 4.78 is 32.4. The molecule has 0 saturated heterocycles. The Morgan fingerprint density at radius 1 is 1.43 bits per heavy atom. The summed E-state index contributed by atoms with van der Waals surface area (Å²) in [6.45, 7) is 0.181. The van der Waals surface area contributed by atoms with Crippen molar-refractivity contribution in [1.82, 2.24) is 5.32 Å². The van der Waals surface area contributed by atoms with Crippen molar-refractivity contribution in [1.29, 1.82) is 0 Å². The van der Waals surface area contributed by atoms with Crippen molar-refractivity contribution in [2.24, 2.45) is 0 Å². The molecule has 0 aromatic heterocycles. The van der Waals surface area contributed by atoms with E-state index in [0.717, 1.165) is 19.3 Å². The highest BCUT2D eigenvalue weighted by Crippen LogP contribution is 2.34. The van der Waals surface area contributed by atoms with Crippen LogP contribution in [-0.4, -0.2) is 30.1 Å². The number of amides is 1. The van der Waals surface area contributed by atoms with E-state index < -0.39 is 39.3 Å². The van der Waals surface area contributed by atoms with Crippen molar-refractivity contribution in [3.8, 4) is 0 Å². The molecule has 1 amide bonds. The van der Waals surface area contributed by atoms with Crippen LogP contribution in [0, 0.1) is 21.7 Å². The van der Waals surface area contributed by atoms with Gasteiger partial charge in [-0.2, -0.15) is 4.39 Å². The number of ether oxygens (including phenoxy) is 1. The third-order valence-corrected chi connectivity index (χ3v) is 3.75. The normalized spacial score (nSPS) is 16.1. The Bertz CT molecular complexity index is 582. The molecular weight excluding hydrogens is 286 g/mol. The van der Waals surface area contributed by atoms with Crippen LogP contribution in [0.2, 0.25) is 0 Å². The fourth-order valence-electron chi connectivity index (χ4n) is 2.21. The Hall–Kier alpha value is -2.09. The second-order valence-corrected chi connectivity index (χ2v) is 4.96. The Morgan fingerprint density at radius 3 is 2.57 bits per heavy atom. The first-order valence-electron chi connectivity index (χ1n) is 6.35. The van der Waals surface area contributed by atoms with Crippen molar-refractivity contribution in [2.45, 2.75) is 24.9 Å². The molecule has 1 fully saturated rings. The molecule has 1 N–H and O–H groups in total. The second-order valence-electron chi connectivity index (χ2n) is 4.96. The molecule has 1 aromatic rings. The SMILES string of the molecule is COC1(CNC(=O)c2cc(F)c([N+](=O)[O-])cc2F)CCC1. The highest BCUT2D eigenvalue weighted by Gasteiger charge is 2.37. The molecule has 1 saturated carbocycles. The quantitative estimate of drug-likeness (QED) is 0.667. The smallest absolute Gasteiger partial charge is 0.307 e. The molecule has 2 rings (SSSR count). The van der Waals surface area contributed by atoms with Gasteiger partial charge in [-0.05, 0) is 25.3 Å². The lowest BCUT2D eigenvalue weighted by molar-refractivity contribution is -0.387. The van der Waals surface area contributed by atoms with Gasteiger partial charge in [0.15, 0.2) is 0 Å². The predicted octanol–water partition coefficient (Wildman–Crippen LogP) is 2.17. The topological polar surface area (TPSA) is 81.5 Å². The average Bonchev–Trinajstić information content (AvgIpc) is 2.39. The fourth-order valence-corrected chi connectivity index (χ4v) is 2.21. The number of nitro benzene ring substituents is 1. The van der Waals surface area contributed by atoms with E-state index in [1.807, 2.05) is 0 Å². The van der Waals surface area contributed by atoms with Crippen LogP contribution >= 0.6 is 0 Å². The van der Waals surface area contributed by atoms with Gasteiger partial charge >= 0.3 is 5.69 Å². The van der Waals surface area contributed by atoms with Crippen LogP contribution in [0.15, 0.2) is 12.1 Å². The minimum Gasteiger partial charge on any atom is -0.376 e. The van der Waals surface area contributed by atoms with E-state index in [2.05, 4.69) is 5.32 Å². The standard InChI is InChI=1S/C13H14F2N2O4/c1-21-13(3-2-4-13)7-16-12(18)8-5-10(15)11(17(19)20)6-9(8)14/h5-6H,2-4,7H2,1H3,(H,16,18). The maximum atomic E-state index is 13.7. The van der Waals surface area contributed by atoms with Crippen LogP contribution in [0.25, 0.3) is 0 Å². The van der Waals surface area contributed by atoms with Crippen LogP contribution in [0.1, 0.15) is 29.6 Å². The lowest BCUT2D eigenvalue weighted by atomic mass is 9.80. The van der Waals surface area contributed by atoms with Crippen LogP contribution in [0.5, 0.6) is 0 Å². The minimum atomic E-state index is -1.25. The minimum absolute atomic E-state index is 0.181. The number of hydrogen-bond acceptors (Lipinski definition) is 4. The number of nitrogens with one attached hydrogen (secondary N) is 1. The first kappa shape index (κ1) is 15.3. The zero-order valence-electron chi connectivity index (χ0n) is 11.3. The van der Waals surface area contributed by atoms with Gasteiger partial charge in [0.1, 0.15) is 5.82 Å². The van der Waals surface area contributed by atoms with E-state index in [0.29, 0.717) is 12.1 Å². The summed E-state index contributed by atoms with van der Waals surface area (Å²) in [5.74, 6) is -3.22. The molecular formula is C13H14F2N2O4. The van der Waals surface area contributed by atoms with E-state index in [9.17, 15) is 23.7 Å². The molecule has 0 bridgehead atoms. The van der Waals surface area contributed by atoms with Crippen LogP contribution in [-0.2, 0) is 4.74 Å². The number of nitrogens with zero attached hydrogens (tertiary/aromatic N) is 1. The van der Waals surface area contributed by atoms with Gasteiger partial charge in [0.2, 0.25) is 5.82 Å². The van der Waals surface area contributed by atoms with Gasteiger partial charge in [-0.25, -0.2) is 4.39 Å². The zero-order valence-corrected chi connectivity index (χ0v) is 11.3. The third kappa shape index (κ3) is 2.99. The van der Waals surface area contributed by atoms with Crippen LogP contribution in [0.3, 0.4) is 0 Å². The number of rotatable bonds is 5. The van der Waals surface area contributed by atoms with Crippen molar-refractivity contribution in [2.75, 3.05) is 13.7 Å². The van der Waals surface area contributed by atoms with E-state index in [1.54, 1.807) is 0 Å². The molecule has 8 heteroatoms. The van der Waals surface area contributed by atoms with Crippen molar-refractivity contribution in [3.63, 3.8) is 0 Å². The Morgan fingerprint density at radius 2 is 2.10 bits per heavy atom. The van der Waals surface area contributed by atoms with Gasteiger partial charge in [-0.15, -0.1) is 0 Å². The fraction of sp³-hybridized carbons (Fsp3) is 0.462. The first-order chi connectivity index (χ1) is 9.88. The molecule has 1 aliphatic rings. The van der Waals surface area contributed by atoms with Crippen LogP contribution in [0.4, 0.5) is 14.5 Å². The van der Waals surface area contributed by atoms with Crippen molar-refractivity contribution < 1.29 is 23.2 Å². The first-order valence-corrected chi connectivity index (χ1v) is 6.35. The summed E-state index contributed by atoms with van der Waals surface area (Å²) in [6.07, 6.45) is 2.53. The maximum absolute atomic E-state index is 13.7. The van der Waals surface area contributed by atoms with Crippen LogP contribution < -0.4 is 5.32 Å². The van der Waals surface area contributed by atoms with Gasteiger partial charge in [0, 0.05) is 13.7 Å². The number of methoxy groups -OCH3 is 1. The summed E-state index contributed by atoms with van der Waals surface area (Å²) >= 11 is 0. The number of benzene rings is 1. The Balaban J connectivity index is 2.12.